The minimum Gasteiger partial charge on any atom is -0.289 e. The Morgan fingerprint density at radius 2 is 2.00 bits per heavy atom. The van der Waals surface area contributed by atoms with Crippen molar-refractivity contribution in [3.05, 3.63) is 46.5 Å². The van der Waals surface area contributed by atoms with Crippen molar-refractivity contribution in [2.75, 3.05) is 6.54 Å². The zero-order valence-electron chi connectivity index (χ0n) is 7.40. The predicted octanol–water partition coefficient (Wildman–Crippen LogP) is 2.53. The van der Waals surface area contributed by atoms with Crippen LogP contribution in [-0.4, -0.2) is 18.5 Å². The molecule has 1 aromatic rings. The van der Waals surface area contributed by atoms with E-state index >= 15 is 0 Å². The third-order valence-corrected chi connectivity index (χ3v) is 2.29. The summed E-state index contributed by atoms with van der Waals surface area (Å²) in [6.07, 6.45) is 3.40. The molecule has 0 atom stereocenters. The number of halogens is 1. The summed E-state index contributed by atoms with van der Waals surface area (Å²) in [7, 11) is 0. The van der Waals surface area contributed by atoms with Crippen molar-refractivity contribution in [2.45, 2.75) is 0 Å². The van der Waals surface area contributed by atoms with Gasteiger partial charge in [-0.15, -0.1) is 0 Å². The highest BCUT2D eigenvalue weighted by atomic mass is 35.5. The van der Waals surface area contributed by atoms with Crippen LogP contribution in [0, 0.1) is 0 Å². The number of carbonyl (C=O) groups excluding carboxylic acids is 1. The Balaban J connectivity index is 2.23. The number of nitrogens with zero attached hydrogens (tertiary/aromatic N) is 1. The average molecular weight is 206 g/mol. The Bertz CT molecular complexity index is 417. The van der Waals surface area contributed by atoms with Crippen molar-refractivity contribution >= 4 is 23.6 Å². The highest BCUT2D eigenvalue weighted by molar-refractivity contribution is 6.30. The standard InChI is InChI=1S/C11H8ClNO/c12-10-3-1-8(2-4-10)11(14)9-5-6-13-7-9/h1-6H,7H2. The smallest absolute Gasteiger partial charge is 0.190 e. The molecule has 1 aromatic carbocycles. The Kier molecular flexibility index (Phi) is 2.46. The van der Waals surface area contributed by atoms with Crippen LogP contribution in [0.1, 0.15) is 10.4 Å². The SMILES string of the molecule is O=C(C1=CC=NC1)c1ccc(Cl)cc1. The van der Waals surface area contributed by atoms with Gasteiger partial charge in [-0.3, -0.25) is 9.79 Å². The number of hydrogen-bond donors (Lipinski definition) is 0. The van der Waals surface area contributed by atoms with E-state index in [4.69, 9.17) is 11.6 Å². The summed E-state index contributed by atoms with van der Waals surface area (Å²) in [6.45, 7) is 0.488. The number of benzene rings is 1. The molecule has 0 saturated heterocycles. The molecular formula is C11H8ClNO. The van der Waals surface area contributed by atoms with E-state index in [9.17, 15) is 4.79 Å². The Morgan fingerprint density at radius 3 is 2.57 bits per heavy atom. The number of Topliss-reactive ketones (excluding diaryl/α,β-unsaturated/α-hetero) is 1. The number of hydrogen-bond acceptors (Lipinski definition) is 2. The molecule has 3 heteroatoms. The Labute approximate surface area is 86.9 Å². The molecule has 0 fully saturated rings. The van der Waals surface area contributed by atoms with Gasteiger partial charge < -0.3 is 0 Å². The first kappa shape index (κ1) is 9.16. The molecule has 0 aliphatic carbocycles. The topological polar surface area (TPSA) is 29.4 Å². The number of allylic oxidation sites excluding steroid dienone is 1. The molecule has 0 bridgehead atoms. The highest BCUT2D eigenvalue weighted by Crippen LogP contribution is 2.14. The molecule has 1 heterocycles. The van der Waals surface area contributed by atoms with Gasteiger partial charge in [-0.05, 0) is 30.3 Å². The van der Waals surface area contributed by atoms with Crippen LogP contribution in [0.5, 0.6) is 0 Å². The molecule has 0 radical (unpaired) electrons. The monoisotopic (exact) mass is 205 g/mol. The quantitative estimate of drug-likeness (QED) is 0.683. The predicted molar refractivity (Wildman–Crippen MR) is 57.2 cm³/mol. The lowest BCUT2D eigenvalue weighted by atomic mass is 10.0. The van der Waals surface area contributed by atoms with Crippen molar-refractivity contribution in [3.63, 3.8) is 0 Å². The molecule has 0 saturated carbocycles. The maximum atomic E-state index is 11.8. The third kappa shape index (κ3) is 1.75. The summed E-state index contributed by atoms with van der Waals surface area (Å²) in [5.41, 5.74) is 1.39. The van der Waals surface area contributed by atoms with E-state index in [0.29, 0.717) is 17.1 Å². The summed E-state index contributed by atoms with van der Waals surface area (Å²) in [6, 6.07) is 6.88. The van der Waals surface area contributed by atoms with E-state index in [1.807, 2.05) is 0 Å². The van der Waals surface area contributed by atoms with E-state index in [1.165, 1.54) is 0 Å². The second kappa shape index (κ2) is 3.76. The van der Waals surface area contributed by atoms with Gasteiger partial charge in [0.15, 0.2) is 5.78 Å². The molecule has 0 spiro atoms. The van der Waals surface area contributed by atoms with E-state index in [1.54, 1.807) is 36.6 Å². The van der Waals surface area contributed by atoms with Crippen LogP contribution in [0.15, 0.2) is 40.9 Å². The van der Waals surface area contributed by atoms with Gasteiger partial charge in [0.2, 0.25) is 0 Å². The summed E-state index contributed by atoms with van der Waals surface area (Å²) in [4.78, 5) is 15.7. The molecule has 0 unspecified atom stereocenters. The minimum absolute atomic E-state index is 0.0270. The fourth-order valence-electron chi connectivity index (χ4n) is 1.28. The fraction of sp³-hybridized carbons (Fsp3) is 0.0909. The van der Waals surface area contributed by atoms with E-state index in [0.717, 1.165) is 5.57 Å². The van der Waals surface area contributed by atoms with Gasteiger partial charge in [-0.25, -0.2) is 0 Å². The molecule has 2 nitrogen and oxygen atoms in total. The van der Waals surface area contributed by atoms with Gasteiger partial charge in [-0.2, -0.15) is 0 Å². The fourth-order valence-corrected chi connectivity index (χ4v) is 1.41. The first-order valence-electron chi connectivity index (χ1n) is 4.26. The minimum atomic E-state index is 0.0270. The van der Waals surface area contributed by atoms with Crippen LogP contribution >= 0.6 is 11.6 Å². The second-order valence-corrected chi connectivity index (χ2v) is 3.45. The van der Waals surface area contributed by atoms with Crippen molar-refractivity contribution < 1.29 is 4.79 Å². The summed E-state index contributed by atoms with van der Waals surface area (Å²) in [5.74, 6) is 0.0270. The molecule has 2 rings (SSSR count). The maximum absolute atomic E-state index is 11.8. The average Bonchev–Trinajstić information content (AvgIpc) is 2.71. The molecule has 70 valence electrons. The third-order valence-electron chi connectivity index (χ3n) is 2.04. The normalized spacial score (nSPS) is 14.2. The van der Waals surface area contributed by atoms with Gasteiger partial charge >= 0.3 is 0 Å². The van der Waals surface area contributed by atoms with Crippen LogP contribution in [0.25, 0.3) is 0 Å². The molecule has 14 heavy (non-hydrogen) atoms. The largest absolute Gasteiger partial charge is 0.289 e. The second-order valence-electron chi connectivity index (χ2n) is 3.02. The Hall–Kier alpha value is -1.41. The first-order chi connectivity index (χ1) is 6.77. The summed E-state index contributed by atoms with van der Waals surface area (Å²) < 4.78 is 0. The van der Waals surface area contributed by atoms with Gasteiger partial charge in [-0.1, -0.05) is 11.6 Å². The van der Waals surface area contributed by atoms with Gasteiger partial charge in [0.1, 0.15) is 0 Å². The number of rotatable bonds is 2. The molecule has 1 aliphatic rings. The lowest BCUT2D eigenvalue weighted by Crippen LogP contribution is -2.03. The van der Waals surface area contributed by atoms with Crippen LogP contribution < -0.4 is 0 Å². The van der Waals surface area contributed by atoms with Crippen molar-refractivity contribution in [3.8, 4) is 0 Å². The van der Waals surface area contributed by atoms with E-state index in [-0.39, 0.29) is 5.78 Å². The number of aliphatic imine (C=N–C) groups is 1. The van der Waals surface area contributed by atoms with Crippen LogP contribution in [0.4, 0.5) is 0 Å². The number of carbonyl (C=O) groups is 1. The van der Waals surface area contributed by atoms with Crippen LogP contribution in [-0.2, 0) is 0 Å². The zero-order chi connectivity index (χ0) is 9.97. The van der Waals surface area contributed by atoms with Crippen LogP contribution in [0.2, 0.25) is 5.02 Å². The lowest BCUT2D eigenvalue weighted by Gasteiger charge is -2.00. The zero-order valence-corrected chi connectivity index (χ0v) is 8.16. The highest BCUT2D eigenvalue weighted by Gasteiger charge is 2.12. The maximum Gasteiger partial charge on any atom is 0.190 e. The van der Waals surface area contributed by atoms with E-state index < -0.39 is 0 Å². The molecule has 0 aromatic heterocycles. The molecule has 0 amide bonds. The summed E-state index contributed by atoms with van der Waals surface area (Å²) >= 11 is 5.73. The van der Waals surface area contributed by atoms with Crippen molar-refractivity contribution in [1.29, 1.82) is 0 Å². The van der Waals surface area contributed by atoms with Gasteiger partial charge in [0.05, 0.1) is 6.54 Å². The van der Waals surface area contributed by atoms with Gasteiger partial charge in [0.25, 0.3) is 0 Å². The van der Waals surface area contributed by atoms with Crippen molar-refractivity contribution in [2.24, 2.45) is 4.99 Å². The Morgan fingerprint density at radius 1 is 1.29 bits per heavy atom. The van der Waals surface area contributed by atoms with Gasteiger partial charge in [0, 0.05) is 22.4 Å². The van der Waals surface area contributed by atoms with E-state index in [2.05, 4.69) is 4.99 Å². The first-order valence-corrected chi connectivity index (χ1v) is 4.64. The molecular weight excluding hydrogens is 198 g/mol. The summed E-state index contributed by atoms with van der Waals surface area (Å²) in [5, 5.41) is 0.637. The molecule has 0 N–H and O–H groups in total. The lowest BCUT2D eigenvalue weighted by molar-refractivity contribution is 0.103. The van der Waals surface area contributed by atoms with Crippen molar-refractivity contribution in [1.82, 2.24) is 0 Å². The molecule has 1 aliphatic heterocycles. The van der Waals surface area contributed by atoms with Crippen LogP contribution in [0.3, 0.4) is 0 Å². The number of ketones is 1.